The van der Waals surface area contributed by atoms with Gasteiger partial charge >= 0.3 is 6.36 Å². The van der Waals surface area contributed by atoms with E-state index in [1.165, 1.54) is 23.2 Å². The van der Waals surface area contributed by atoms with Crippen molar-refractivity contribution in [1.82, 2.24) is 19.5 Å². The molecular weight excluding hydrogens is 541 g/mol. The smallest absolute Gasteiger partial charge is 0.406 e. The number of sulfonamides is 1. The number of nitrogens with one attached hydrogen (secondary N) is 1. The Morgan fingerprint density at radius 1 is 1.15 bits per heavy atom. The van der Waals surface area contributed by atoms with Gasteiger partial charge in [-0.05, 0) is 55.2 Å². The van der Waals surface area contributed by atoms with Gasteiger partial charge < -0.3 is 15.0 Å². The number of fused-ring (bicyclic) bond motifs is 1. The van der Waals surface area contributed by atoms with E-state index in [4.69, 9.17) is 0 Å². The third kappa shape index (κ3) is 6.22. The number of ether oxygens (including phenoxy) is 1. The molecule has 0 bridgehead atoms. The monoisotopic (exact) mass is 568 g/mol. The van der Waals surface area contributed by atoms with E-state index in [2.05, 4.69) is 15.0 Å². The van der Waals surface area contributed by atoms with Crippen molar-refractivity contribution in [1.29, 1.82) is 0 Å². The van der Waals surface area contributed by atoms with Crippen molar-refractivity contribution < 1.29 is 40.7 Å². The molecule has 0 saturated carbocycles. The lowest BCUT2D eigenvalue weighted by molar-refractivity contribution is -0.274. The molecule has 2 saturated heterocycles. The van der Waals surface area contributed by atoms with Crippen LogP contribution in [0.1, 0.15) is 37.0 Å². The number of ketones is 1. The second-order valence-electron chi connectivity index (χ2n) is 9.74. The molecule has 3 unspecified atom stereocenters. The number of pyridine rings is 1. The third-order valence-electron chi connectivity index (χ3n) is 6.53. The van der Waals surface area contributed by atoms with Crippen LogP contribution in [0.25, 0.3) is 0 Å². The molecule has 2 fully saturated rings. The molecule has 2 aliphatic rings. The van der Waals surface area contributed by atoms with Gasteiger partial charge in [0.05, 0.1) is 12.6 Å². The van der Waals surface area contributed by atoms with E-state index >= 15 is 0 Å². The van der Waals surface area contributed by atoms with Gasteiger partial charge in [0.25, 0.3) is 15.9 Å². The van der Waals surface area contributed by atoms with Gasteiger partial charge in [0.2, 0.25) is 5.91 Å². The van der Waals surface area contributed by atoms with E-state index in [1.54, 1.807) is 6.07 Å². The van der Waals surface area contributed by atoms with Gasteiger partial charge in [0.15, 0.2) is 10.8 Å². The molecule has 3 heterocycles. The Kier molecular flexibility index (Phi) is 7.98. The van der Waals surface area contributed by atoms with Gasteiger partial charge in [0.1, 0.15) is 17.8 Å². The normalized spacial score (nSPS) is 20.7. The second kappa shape index (κ2) is 10.9. The minimum Gasteiger partial charge on any atom is -0.406 e. The number of nitrogens with zero attached hydrogens (tertiary/aromatic N) is 3. The molecule has 2 aromatic rings. The summed E-state index contributed by atoms with van der Waals surface area (Å²) in [4.78, 5) is 44.7. The fraction of sp³-hybridized carbons (Fsp3) is 0.440. The van der Waals surface area contributed by atoms with Crippen molar-refractivity contribution in [2.24, 2.45) is 5.92 Å². The number of hydrogen-bond donors (Lipinski definition) is 1. The van der Waals surface area contributed by atoms with Gasteiger partial charge in [-0.2, -0.15) is 4.31 Å². The standard InChI is InChI=1S/C25H27F3N4O6S/c1-15(2)13-18(30-23(34)16-6-8-17(9-7-16)38-25(26,27)28)24(35)31-12-10-19-22(31)20(33)14-32(19)39(36,37)21-5-3-4-11-29-21/h3-9,11,15,18-19,22H,10,12-14H2,1-2H3,(H,30,34). The van der Waals surface area contributed by atoms with Crippen LogP contribution in [0.4, 0.5) is 13.2 Å². The summed E-state index contributed by atoms with van der Waals surface area (Å²) >= 11 is 0. The van der Waals surface area contributed by atoms with E-state index in [0.717, 1.165) is 28.6 Å². The summed E-state index contributed by atoms with van der Waals surface area (Å²) in [6.45, 7) is 3.39. The van der Waals surface area contributed by atoms with Crippen LogP contribution in [0.15, 0.2) is 53.7 Å². The number of carbonyl (C=O) groups is 3. The van der Waals surface area contributed by atoms with E-state index in [0.29, 0.717) is 0 Å². The highest BCUT2D eigenvalue weighted by molar-refractivity contribution is 7.89. The predicted octanol–water partition coefficient (Wildman–Crippen LogP) is 2.37. The molecule has 2 amide bonds. The number of Topliss-reactive ketones (excluding diaryl/α,β-unsaturated/α-hetero) is 1. The van der Waals surface area contributed by atoms with Crippen molar-refractivity contribution in [3.8, 4) is 5.75 Å². The third-order valence-corrected chi connectivity index (χ3v) is 8.32. The number of carbonyl (C=O) groups excluding carboxylic acids is 3. The molecule has 10 nitrogen and oxygen atoms in total. The van der Waals surface area contributed by atoms with Crippen LogP contribution in [0.3, 0.4) is 0 Å². The predicted molar refractivity (Wildman–Crippen MR) is 131 cm³/mol. The average Bonchev–Trinajstić information content (AvgIpc) is 3.44. The van der Waals surface area contributed by atoms with Crippen LogP contribution in [-0.2, 0) is 19.6 Å². The molecule has 2 aliphatic heterocycles. The fourth-order valence-corrected chi connectivity index (χ4v) is 6.46. The number of benzene rings is 1. The summed E-state index contributed by atoms with van der Waals surface area (Å²) in [5, 5.41) is 2.43. The zero-order valence-corrected chi connectivity index (χ0v) is 21.9. The summed E-state index contributed by atoms with van der Waals surface area (Å²) in [6.07, 6.45) is -3.09. The molecule has 4 rings (SSSR count). The van der Waals surface area contributed by atoms with Crippen molar-refractivity contribution in [3.05, 3.63) is 54.2 Å². The quantitative estimate of drug-likeness (QED) is 0.518. The van der Waals surface area contributed by atoms with Crippen LogP contribution < -0.4 is 10.1 Å². The number of amides is 2. The minimum atomic E-state index is -4.88. The molecule has 210 valence electrons. The first-order chi connectivity index (χ1) is 18.3. The van der Waals surface area contributed by atoms with Crippen LogP contribution in [0.2, 0.25) is 0 Å². The molecule has 0 spiro atoms. The van der Waals surface area contributed by atoms with E-state index in [1.807, 2.05) is 13.8 Å². The van der Waals surface area contributed by atoms with E-state index < -0.39 is 64.4 Å². The number of likely N-dealkylation sites (tertiary alicyclic amines) is 1. The van der Waals surface area contributed by atoms with Crippen molar-refractivity contribution in [2.45, 2.75) is 56.2 Å². The van der Waals surface area contributed by atoms with Crippen LogP contribution >= 0.6 is 0 Å². The Labute approximate surface area is 223 Å². The van der Waals surface area contributed by atoms with Crippen LogP contribution in [0, 0.1) is 5.92 Å². The maximum atomic E-state index is 13.6. The lowest BCUT2D eigenvalue weighted by atomic mass is 10.0. The average molecular weight is 569 g/mol. The molecule has 1 aromatic heterocycles. The fourth-order valence-electron chi connectivity index (χ4n) is 4.90. The van der Waals surface area contributed by atoms with Crippen LogP contribution in [-0.4, -0.2) is 77.8 Å². The largest absolute Gasteiger partial charge is 0.573 e. The van der Waals surface area contributed by atoms with Gasteiger partial charge in [-0.25, -0.2) is 13.4 Å². The number of rotatable bonds is 8. The zero-order valence-electron chi connectivity index (χ0n) is 21.1. The summed E-state index contributed by atoms with van der Waals surface area (Å²) < 4.78 is 68.5. The zero-order chi connectivity index (χ0) is 28.5. The first-order valence-electron chi connectivity index (χ1n) is 12.2. The highest BCUT2D eigenvalue weighted by Crippen LogP contribution is 2.34. The molecule has 14 heteroatoms. The summed E-state index contributed by atoms with van der Waals surface area (Å²) in [5.74, 6) is -2.20. The van der Waals surface area contributed by atoms with Crippen molar-refractivity contribution in [2.75, 3.05) is 13.1 Å². The lowest BCUT2D eigenvalue weighted by Crippen LogP contribution is -2.53. The molecule has 39 heavy (non-hydrogen) atoms. The Balaban J connectivity index is 1.50. The summed E-state index contributed by atoms with van der Waals surface area (Å²) in [5.41, 5.74) is 0.00921. The SMILES string of the molecule is CC(C)CC(NC(=O)c1ccc(OC(F)(F)F)cc1)C(=O)N1CCC2C1C(=O)CN2S(=O)(=O)c1ccccn1. The van der Waals surface area contributed by atoms with Crippen molar-refractivity contribution >= 4 is 27.6 Å². The number of hydrogen-bond acceptors (Lipinski definition) is 7. The first-order valence-corrected chi connectivity index (χ1v) is 13.6. The first kappa shape index (κ1) is 28.5. The summed E-state index contributed by atoms with van der Waals surface area (Å²) in [7, 11) is -4.07. The molecule has 1 N–H and O–H groups in total. The molecule has 0 aliphatic carbocycles. The highest BCUT2D eigenvalue weighted by Gasteiger charge is 2.54. The van der Waals surface area contributed by atoms with Crippen molar-refractivity contribution in [3.63, 3.8) is 0 Å². The number of halogens is 3. The molecular formula is C25H27F3N4O6S. The maximum absolute atomic E-state index is 13.6. The Morgan fingerprint density at radius 3 is 2.44 bits per heavy atom. The minimum absolute atomic E-state index is 0.00921. The van der Waals surface area contributed by atoms with Gasteiger partial charge in [-0.1, -0.05) is 19.9 Å². The van der Waals surface area contributed by atoms with Gasteiger partial charge in [0, 0.05) is 18.3 Å². The Hall–Kier alpha value is -3.52. The van der Waals surface area contributed by atoms with Crippen LogP contribution in [0.5, 0.6) is 5.75 Å². The van der Waals surface area contributed by atoms with Gasteiger partial charge in [-0.15, -0.1) is 13.2 Å². The van der Waals surface area contributed by atoms with Gasteiger partial charge in [-0.3, -0.25) is 14.4 Å². The Bertz CT molecular complexity index is 1340. The number of aromatic nitrogens is 1. The number of alkyl halides is 3. The van der Waals surface area contributed by atoms with E-state index in [-0.39, 0.29) is 35.9 Å². The highest BCUT2D eigenvalue weighted by atomic mass is 32.2. The summed E-state index contributed by atoms with van der Waals surface area (Å²) in [6, 6.07) is 5.88. The maximum Gasteiger partial charge on any atom is 0.573 e. The second-order valence-corrected chi connectivity index (χ2v) is 11.6. The lowest BCUT2D eigenvalue weighted by Gasteiger charge is -2.29. The molecule has 0 radical (unpaired) electrons. The molecule has 1 aromatic carbocycles. The van der Waals surface area contributed by atoms with E-state index in [9.17, 15) is 36.0 Å². The topological polar surface area (TPSA) is 126 Å². The Morgan fingerprint density at radius 2 is 1.85 bits per heavy atom. The molecule has 3 atom stereocenters.